The summed E-state index contributed by atoms with van der Waals surface area (Å²) in [5, 5.41) is 14.7. The average Bonchev–Trinajstić information content (AvgIpc) is 3.01. The molecule has 3 aromatic rings. The maximum absolute atomic E-state index is 12.0. The van der Waals surface area contributed by atoms with Crippen molar-refractivity contribution in [3.8, 4) is 0 Å². The van der Waals surface area contributed by atoms with Crippen LogP contribution < -0.4 is 10.4 Å². The number of carboxylic acids is 1. The van der Waals surface area contributed by atoms with Gasteiger partial charge in [-0.05, 0) is 28.6 Å². The highest BCUT2D eigenvalue weighted by Gasteiger charge is 2.05. The molecule has 3 rings (SSSR count). The predicted molar refractivity (Wildman–Crippen MR) is 89.2 cm³/mol. The molecule has 5 heteroatoms. The Balaban J connectivity index is 1.51. The van der Waals surface area contributed by atoms with Gasteiger partial charge in [0.2, 0.25) is 5.91 Å². The average molecular weight is 321 g/mol. The minimum Gasteiger partial charge on any atom is -0.545 e. The summed E-state index contributed by atoms with van der Waals surface area (Å²) in [6.45, 7) is 0.988. The Labute approximate surface area is 139 Å². The van der Waals surface area contributed by atoms with Crippen LogP contribution >= 0.6 is 0 Å². The van der Waals surface area contributed by atoms with Crippen molar-refractivity contribution in [1.82, 2.24) is 9.88 Å². The molecular formula is C19H17N2O3-. The van der Waals surface area contributed by atoms with Gasteiger partial charge in [0.1, 0.15) is 0 Å². The lowest BCUT2D eigenvalue weighted by Gasteiger charge is -2.08. The number of carboxylic acid groups (broad SMARTS) is 1. The van der Waals surface area contributed by atoms with Crippen molar-refractivity contribution in [2.24, 2.45) is 0 Å². The van der Waals surface area contributed by atoms with E-state index in [1.165, 1.54) is 12.1 Å². The summed E-state index contributed by atoms with van der Waals surface area (Å²) in [6, 6.07) is 16.4. The summed E-state index contributed by atoms with van der Waals surface area (Å²) < 4.78 is 2.06. The fraction of sp³-hybridized carbons (Fsp3) is 0.158. The van der Waals surface area contributed by atoms with Crippen LogP contribution in [0.5, 0.6) is 0 Å². The number of nitrogens with zero attached hydrogens (tertiary/aromatic N) is 1. The van der Waals surface area contributed by atoms with E-state index in [2.05, 4.69) is 9.88 Å². The molecule has 0 saturated heterocycles. The van der Waals surface area contributed by atoms with Crippen LogP contribution in [0.1, 0.15) is 22.3 Å². The molecule has 0 saturated carbocycles. The maximum Gasteiger partial charge on any atom is 0.222 e. The number of aryl methyl sites for hydroxylation is 1. The molecule has 0 aliphatic carbocycles. The van der Waals surface area contributed by atoms with Crippen molar-refractivity contribution < 1.29 is 14.7 Å². The van der Waals surface area contributed by atoms with E-state index >= 15 is 0 Å². The number of para-hydroxylation sites is 1. The van der Waals surface area contributed by atoms with Crippen LogP contribution in [-0.4, -0.2) is 16.4 Å². The molecular weight excluding hydrogens is 304 g/mol. The molecule has 0 fully saturated rings. The summed E-state index contributed by atoms with van der Waals surface area (Å²) >= 11 is 0. The number of aromatic carboxylic acids is 1. The third kappa shape index (κ3) is 3.63. The number of rotatable bonds is 6. The van der Waals surface area contributed by atoms with Gasteiger partial charge in [0.05, 0.1) is 5.97 Å². The van der Waals surface area contributed by atoms with E-state index in [1.807, 2.05) is 36.5 Å². The first-order chi connectivity index (χ1) is 11.6. The maximum atomic E-state index is 12.0. The number of carbonyl (C=O) groups excluding carboxylic acids is 2. The smallest absolute Gasteiger partial charge is 0.222 e. The van der Waals surface area contributed by atoms with Crippen molar-refractivity contribution in [2.75, 3.05) is 0 Å². The number of hydrogen-bond donors (Lipinski definition) is 1. The van der Waals surface area contributed by atoms with Crippen LogP contribution in [0.3, 0.4) is 0 Å². The molecule has 122 valence electrons. The van der Waals surface area contributed by atoms with Crippen molar-refractivity contribution in [2.45, 2.75) is 19.5 Å². The first kappa shape index (κ1) is 15.8. The number of carbonyl (C=O) groups is 2. The van der Waals surface area contributed by atoms with Gasteiger partial charge in [-0.2, -0.15) is 0 Å². The second-order valence-corrected chi connectivity index (χ2v) is 5.58. The zero-order valence-corrected chi connectivity index (χ0v) is 13.1. The van der Waals surface area contributed by atoms with Gasteiger partial charge in [0, 0.05) is 31.2 Å². The Kier molecular flexibility index (Phi) is 4.61. The fourth-order valence-electron chi connectivity index (χ4n) is 2.61. The molecule has 0 spiro atoms. The van der Waals surface area contributed by atoms with Gasteiger partial charge < -0.3 is 19.8 Å². The molecule has 1 N–H and O–H groups in total. The molecule has 0 radical (unpaired) electrons. The third-order valence-electron chi connectivity index (χ3n) is 3.94. The summed E-state index contributed by atoms with van der Waals surface area (Å²) in [4.78, 5) is 22.7. The van der Waals surface area contributed by atoms with E-state index in [9.17, 15) is 14.7 Å². The molecule has 0 aliphatic heterocycles. The molecule has 1 aromatic heterocycles. The van der Waals surface area contributed by atoms with Crippen LogP contribution in [0.2, 0.25) is 0 Å². The standard InChI is InChI=1S/C19H18N2O3/c22-18(20-13-14-5-7-16(8-6-14)19(23)24)10-12-21-11-9-15-3-1-2-4-17(15)21/h1-9,11H,10,12-13H2,(H,20,22)(H,23,24)/p-1. The first-order valence-electron chi connectivity index (χ1n) is 7.74. The first-order valence-corrected chi connectivity index (χ1v) is 7.74. The van der Waals surface area contributed by atoms with Gasteiger partial charge >= 0.3 is 0 Å². The van der Waals surface area contributed by atoms with Crippen LogP contribution in [0, 0.1) is 0 Å². The van der Waals surface area contributed by atoms with Gasteiger partial charge in [-0.3, -0.25) is 4.79 Å². The van der Waals surface area contributed by atoms with Crippen LogP contribution in [0.25, 0.3) is 10.9 Å². The summed E-state index contributed by atoms with van der Waals surface area (Å²) in [7, 11) is 0. The monoisotopic (exact) mass is 321 g/mol. The van der Waals surface area contributed by atoms with E-state index in [1.54, 1.807) is 12.1 Å². The van der Waals surface area contributed by atoms with Gasteiger partial charge in [0.25, 0.3) is 0 Å². The molecule has 0 unspecified atom stereocenters. The number of hydrogen-bond acceptors (Lipinski definition) is 3. The lowest BCUT2D eigenvalue weighted by molar-refractivity contribution is -0.255. The topological polar surface area (TPSA) is 74.2 Å². The van der Waals surface area contributed by atoms with Gasteiger partial charge in [-0.1, -0.05) is 42.5 Å². The highest BCUT2D eigenvalue weighted by Crippen LogP contribution is 2.15. The second kappa shape index (κ2) is 7.00. The molecule has 0 aliphatic rings. The van der Waals surface area contributed by atoms with E-state index in [-0.39, 0.29) is 11.5 Å². The van der Waals surface area contributed by atoms with Gasteiger partial charge in [-0.15, -0.1) is 0 Å². The number of fused-ring (bicyclic) bond motifs is 1. The predicted octanol–water partition coefficient (Wildman–Crippen LogP) is 1.71. The number of nitrogens with one attached hydrogen (secondary N) is 1. The van der Waals surface area contributed by atoms with Crippen LogP contribution in [0.15, 0.2) is 60.8 Å². The summed E-state index contributed by atoms with van der Waals surface area (Å²) in [6.07, 6.45) is 2.37. The Morgan fingerprint density at radius 3 is 2.50 bits per heavy atom. The molecule has 0 atom stereocenters. The summed E-state index contributed by atoms with van der Waals surface area (Å²) in [5.74, 6) is -1.25. The second-order valence-electron chi connectivity index (χ2n) is 5.58. The highest BCUT2D eigenvalue weighted by atomic mass is 16.4. The SMILES string of the molecule is O=C(CCn1ccc2ccccc21)NCc1ccc(C(=O)[O-])cc1. The zero-order valence-electron chi connectivity index (χ0n) is 13.1. The van der Waals surface area contributed by atoms with E-state index < -0.39 is 5.97 Å². The number of aromatic nitrogens is 1. The van der Waals surface area contributed by atoms with Crippen molar-refractivity contribution in [3.05, 3.63) is 71.9 Å². The minimum absolute atomic E-state index is 0.0447. The Hall–Kier alpha value is -3.08. The molecule has 24 heavy (non-hydrogen) atoms. The van der Waals surface area contributed by atoms with Crippen LogP contribution in [-0.2, 0) is 17.9 Å². The largest absolute Gasteiger partial charge is 0.545 e. The highest BCUT2D eigenvalue weighted by molar-refractivity contribution is 5.85. The van der Waals surface area contributed by atoms with Crippen molar-refractivity contribution in [3.63, 3.8) is 0 Å². The minimum atomic E-state index is -1.20. The third-order valence-corrected chi connectivity index (χ3v) is 3.94. The van der Waals surface area contributed by atoms with E-state index in [4.69, 9.17) is 0 Å². The molecule has 1 heterocycles. The van der Waals surface area contributed by atoms with Crippen LogP contribution in [0.4, 0.5) is 0 Å². The van der Waals surface area contributed by atoms with E-state index in [0.29, 0.717) is 19.5 Å². The van der Waals surface area contributed by atoms with Gasteiger partial charge in [0.15, 0.2) is 0 Å². The number of amides is 1. The lowest BCUT2D eigenvalue weighted by atomic mass is 10.1. The summed E-state index contributed by atoms with van der Waals surface area (Å²) in [5.41, 5.74) is 2.09. The van der Waals surface area contributed by atoms with Crippen molar-refractivity contribution in [1.29, 1.82) is 0 Å². The molecule has 2 aromatic carbocycles. The lowest BCUT2D eigenvalue weighted by Crippen LogP contribution is -2.24. The van der Waals surface area contributed by atoms with Crippen molar-refractivity contribution >= 4 is 22.8 Å². The molecule has 1 amide bonds. The molecule has 5 nitrogen and oxygen atoms in total. The Morgan fingerprint density at radius 1 is 1.00 bits per heavy atom. The molecule has 0 bridgehead atoms. The Morgan fingerprint density at radius 2 is 1.75 bits per heavy atom. The zero-order chi connectivity index (χ0) is 16.9. The normalized spacial score (nSPS) is 10.7. The van der Waals surface area contributed by atoms with E-state index in [0.717, 1.165) is 16.5 Å². The fourth-order valence-corrected chi connectivity index (χ4v) is 2.61. The van der Waals surface area contributed by atoms with Gasteiger partial charge in [-0.25, -0.2) is 0 Å². The quantitative estimate of drug-likeness (QED) is 0.751. The number of benzene rings is 2. The Bertz CT molecular complexity index is 866.